The van der Waals surface area contributed by atoms with Gasteiger partial charge in [0.15, 0.2) is 0 Å². The van der Waals surface area contributed by atoms with Gasteiger partial charge in [0.05, 0.1) is 17.6 Å². The molecule has 0 aliphatic carbocycles. The van der Waals surface area contributed by atoms with Crippen LogP contribution in [0, 0.1) is 5.82 Å². The third-order valence-corrected chi connectivity index (χ3v) is 3.88. The summed E-state index contributed by atoms with van der Waals surface area (Å²) in [6.07, 6.45) is 3.63. The number of nitrogens with zero attached hydrogens (tertiary/aromatic N) is 3. The maximum Gasteiger partial charge on any atom is 0.251 e. The van der Waals surface area contributed by atoms with Crippen molar-refractivity contribution in [1.82, 2.24) is 20.3 Å². The van der Waals surface area contributed by atoms with E-state index in [1.165, 1.54) is 12.1 Å². The minimum atomic E-state index is -0.291. The summed E-state index contributed by atoms with van der Waals surface area (Å²) in [4.78, 5) is 12.1. The van der Waals surface area contributed by atoms with E-state index in [0.29, 0.717) is 12.1 Å². The molecule has 0 radical (unpaired) electrons. The van der Waals surface area contributed by atoms with E-state index in [1.807, 2.05) is 12.1 Å². The third-order valence-electron chi connectivity index (χ3n) is 3.88. The maximum absolute atomic E-state index is 13.1. The van der Waals surface area contributed by atoms with Crippen molar-refractivity contribution in [3.05, 3.63) is 66.1 Å². The lowest BCUT2D eigenvalue weighted by Gasteiger charge is -2.08. The van der Waals surface area contributed by atoms with Crippen LogP contribution >= 0.6 is 0 Å². The Hall–Kier alpha value is -3.02. The van der Waals surface area contributed by atoms with Gasteiger partial charge in [0.25, 0.3) is 5.91 Å². The lowest BCUT2D eigenvalue weighted by molar-refractivity contribution is 0.0953. The number of benzene rings is 2. The van der Waals surface area contributed by atoms with E-state index >= 15 is 0 Å². The molecule has 0 bridgehead atoms. The highest BCUT2D eigenvalue weighted by atomic mass is 19.1. The molecule has 2 aromatic carbocycles. The minimum absolute atomic E-state index is 0.0858. The van der Waals surface area contributed by atoms with Gasteiger partial charge in [-0.2, -0.15) is 0 Å². The monoisotopic (exact) mass is 338 g/mol. The molecule has 3 rings (SSSR count). The number of rotatable bonds is 6. The summed E-state index contributed by atoms with van der Waals surface area (Å²) in [5, 5.41) is 10.9. The van der Waals surface area contributed by atoms with E-state index in [4.69, 9.17) is 0 Å². The van der Waals surface area contributed by atoms with E-state index in [0.717, 1.165) is 29.8 Å². The van der Waals surface area contributed by atoms with Crippen molar-refractivity contribution < 1.29 is 9.18 Å². The number of aromatic nitrogens is 3. The van der Waals surface area contributed by atoms with E-state index < -0.39 is 0 Å². The molecule has 1 N–H and O–H groups in total. The zero-order valence-corrected chi connectivity index (χ0v) is 13.9. The SMILES string of the molecule is CCCCNC(=O)c1ccc(-n2nncc2-c2ccc(F)cc2)cc1. The van der Waals surface area contributed by atoms with Crippen molar-refractivity contribution in [1.29, 1.82) is 0 Å². The zero-order valence-electron chi connectivity index (χ0n) is 13.9. The molecule has 0 saturated carbocycles. The quantitative estimate of drug-likeness (QED) is 0.699. The van der Waals surface area contributed by atoms with Gasteiger partial charge < -0.3 is 5.32 Å². The molecule has 1 aromatic heterocycles. The van der Waals surface area contributed by atoms with Crippen LogP contribution in [0.5, 0.6) is 0 Å². The van der Waals surface area contributed by atoms with E-state index in [-0.39, 0.29) is 11.7 Å². The van der Waals surface area contributed by atoms with Crippen molar-refractivity contribution in [2.24, 2.45) is 0 Å². The molecule has 0 unspecified atom stereocenters. The first kappa shape index (κ1) is 16.8. The summed E-state index contributed by atoms with van der Waals surface area (Å²) < 4.78 is 14.8. The molecule has 5 nitrogen and oxygen atoms in total. The molecule has 25 heavy (non-hydrogen) atoms. The van der Waals surface area contributed by atoms with Crippen LogP contribution in [-0.4, -0.2) is 27.4 Å². The van der Waals surface area contributed by atoms with Gasteiger partial charge in [0.2, 0.25) is 0 Å². The summed E-state index contributed by atoms with van der Waals surface area (Å²) >= 11 is 0. The second-order valence-corrected chi connectivity index (χ2v) is 5.69. The molecule has 128 valence electrons. The highest BCUT2D eigenvalue weighted by Gasteiger charge is 2.10. The van der Waals surface area contributed by atoms with Crippen LogP contribution in [0.15, 0.2) is 54.7 Å². The summed E-state index contributed by atoms with van der Waals surface area (Å²) in [7, 11) is 0. The Morgan fingerprint density at radius 2 is 1.84 bits per heavy atom. The molecule has 1 amide bonds. The molecule has 0 fully saturated rings. The van der Waals surface area contributed by atoms with E-state index in [2.05, 4.69) is 22.6 Å². The zero-order chi connectivity index (χ0) is 17.6. The summed E-state index contributed by atoms with van der Waals surface area (Å²) in [5.41, 5.74) is 2.94. The van der Waals surface area contributed by atoms with Crippen molar-refractivity contribution in [2.45, 2.75) is 19.8 Å². The van der Waals surface area contributed by atoms with E-state index in [1.54, 1.807) is 35.1 Å². The van der Waals surface area contributed by atoms with Gasteiger partial charge in [-0.05, 0) is 55.0 Å². The highest BCUT2D eigenvalue weighted by Crippen LogP contribution is 2.22. The van der Waals surface area contributed by atoms with Crippen LogP contribution in [0.3, 0.4) is 0 Å². The number of carbonyl (C=O) groups excluding carboxylic acids is 1. The number of halogens is 1. The largest absolute Gasteiger partial charge is 0.352 e. The molecule has 0 atom stereocenters. The number of carbonyl (C=O) groups is 1. The predicted molar refractivity (Wildman–Crippen MR) is 94.0 cm³/mol. The summed E-state index contributed by atoms with van der Waals surface area (Å²) in [6.45, 7) is 2.76. The van der Waals surface area contributed by atoms with Crippen molar-refractivity contribution in [2.75, 3.05) is 6.54 Å². The fraction of sp³-hybridized carbons (Fsp3) is 0.211. The van der Waals surface area contributed by atoms with Gasteiger partial charge in [-0.15, -0.1) is 5.10 Å². The molecule has 0 aliphatic heterocycles. The van der Waals surface area contributed by atoms with Gasteiger partial charge in [-0.1, -0.05) is 18.6 Å². The number of amides is 1. The lowest BCUT2D eigenvalue weighted by Crippen LogP contribution is -2.24. The van der Waals surface area contributed by atoms with Crippen LogP contribution < -0.4 is 5.32 Å². The second kappa shape index (κ2) is 7.70. The first-order chi connectivity index (χ1) is 12.2. The molecule has 0 aliphatic rings. The normalized spacial score (nSPS) is 10.6. The fourth-order valence-electron chi connectivity index (χ4n) is 2.48. The third kappa shape index (κ3) is 3.91. The van der Waals surface area contributed by atoms with Crippen LogP contribution in [0.2, 0.25) is 0 Å². The Morgan fingerprint density at radius 3 is 2.52 bits per heavy atom. The Morgan fingerprint density at radius 1 is 1.12 bits per heavy atom. The number of nitrogens with one attached hydrogen (secondary N) is 1. The minimum Gasteiger partial charge on any atom is -0.352 e. The number of unbranched alkanes of at least 4 members (excludes halogenated alkanes) is 1. The van der Waals surface area contributed by atoms with Crippen molar-refractivity contribution in [3.63, 3.8) is 0 Å². The first-order valence-corrected chi connectivity index (χ1v) is 8.24. The Bertz CT molecular complexity index is 841. The van der Waals surface area contributed by atoms with Gasteiger partial charge in [0.1, 0.15) is 5.82 Å². The lowest BCUT2D eigenvalue weighted by atomic mass is 10.1. The van der Waals surface area contributed by atoms with Gasteiger partial charge >= 0.3 is 0 Å². The standard InChI is InChI=1S/C19H19FN4O/c1-2-3-12-21-19(25)15-6-10-17(11-7-15)24-18(13-22-23-24)14-4-8-16(20)9-5-14/h4-11,13H,2-3,12H2,1H3,(H,21,25). The Kier molecular flexibility index (Phi) is 5.18. The van der Waals surface area contributed by atoms with Crippen LogP contribution in [0.25, 0.3) is 16.9 Å². The molecule has 0 saturated heterocycles. The molecule has 3 aromatic rings. The number of hydrogen-bond acceptors (Lipinski definition) is 3. The molecule has 1 heterocycles. The van der Waals surface area contributed by atoms with Gasteiger partial charge in [0, 0.05) is 17.7 Å². The van der Waals surface area contributed by atoms with Crippen LogP contribution in [0.4, 0.5) is 4.39 Å². The molecular formula is C19H19FN4O. The number of hydrogen-bond donors (Lipinski definition) is 1. The fourth-order valence-corrected chi connectivity index (χ4v) is 2.48. The van der Waals surface area contributed by atoms with Crippen molar-refractivity contribution in [3.8, 4) is 16.9 Å². The second-order valence-electron chi connectivity index (χ2n) is 5.69. The molecular weight excluding hydrogens is 319 g/mol. The average Bonchev–Trinajstić information content (AvgIpc) is 3.12. The van der Waals surface area contributed by atoms with Crippen LogP contribution in [-0.2, 0) is 0 Å². The topological polar surface area (TPSA) is 59.8 Å². The summed E-state index contributed by atoms with van der Waals surface area (Å²) in [5.74, 6) is -0.376. The summed E-state index contributed by atoms with van der Waals surface area (Å²) in [6, 6.07) is 13.3. The van der Waals surface area contributed by atoms with Crippen LogP contribution in [0.1, 0.15) is 30.1 Å². The first-order valence-electron chi connectivity index (χ1n) is 8.24. The highest BCUT2D eigenvalue weighted by molar-refractivity contribution is 5.94. The molecule has 6 heteroatoms. The molecule has 0 spiro atoms. The van der Waals surface area contributed by atoms with Crippen molar-refractivity contribution >= 4 is 5.91 Å². The smallest absolute Gasteiger partial charge is 0.251 e. The maximum atomic E-state index is 13.1. The van der Waals surface area contributed by atoms with Gasteiger partial charge in [-0.25, -0.2) is 9.07 Å². The Labute approximate surface area is 145 Å². The van der Waals surface area contributed by atoms with Gasteiger partial charge in [-0.3, -0.25) is 4.79 Å². The predicted octanol–water partition coefficient (Wildman–Crippen LogP) is 3.60. The average molecular weight is 338 g/mol. The van der Waals surface area contributed by atoms with E-state index in [9.17, 15) is 9.18 Å². The Balaban J connectivity index is 1.80.